The van der Waals surface area contributed by atoms with E-state index in [2.05, 4.69) is 0 Å². The molecule has 22 heavy (non-hydrogen) atoms. The van der Waals surface area contributed by atoms with Gasteiger partial charge in [-0.1, -0.05) is 17.7 Å². The maximum absolute atomic E-state index is 12.5. The second-order valence-electron chi connectivity index (χ2n) is 4.90. The lowest BCUT2D eigenvalue weighted by molar-refractivity contribution is 0.174. The van der Waals surface area contributed by atoms with Gasteiger partial charge in [-0.05, 0) is 42.0 Å². The molecule has 1 aliphatic rings. The summed E-state index contributed by atoms with van der Waals surface area (Å²) in [6.45, 7) is 0.430. The van der Waals surface area contributed by atoms with Gasteiger partial charge < -0.3 is 9.47 Å². The molecular weight excluding hydrogens is 326 g/mol. The zero-order valence-corrected chi connectivity index (χ0v) is 13.4. The van der Waals surface area contributed by atoms with E-state index in [9.17, 15) is 8.42 Å². The number of sulfonamides is 1. The zero-order chi connectivity index (χ0) is 15.7. The van der Waals surface area contributed by atoms with Crippen LogP contribution in [0.15, 0.2) is 47.4 Å². The maximum atomic E-state index is 12.5. The number of hydrogen-bond donors (Lipinski definition) is 0. The van der Waals surface area contributed by atoms with Crippen LogP contribution in [0.1, 0.15) is 5.56 Å². The lowest BCUT2D eigenvalue weighted by atomic mass is 10.2. The van der Waals surface area contributed by atoms with Crippen LogP contribution in [0.25, 0.3) is 0 Å². The van der Waals surface area contributed by atoms with Crippen molar-refractivity contribution in [2.45, 2.75) is 11.4 Å². The molecule has 2 aromatic carbocycles. The van der Waals surface area contributed by atoms with Gasteiger partial charge in [0.25, 0.3) is 0 Å². The van der Waals surface area contributed by atoms with Crippen LogP contribution in [0.3, 0.4) is 0 Å². The molecular formula is C15H14ClNO4S. The first-order valence-electron chi connectivity index (χ1n) is 6.57. The zero-order valence-electron chi connectivity index (χ0n) is 11.8. The van der Waals surface area contributed by atoms with Crippen molar-refractivity contribution >= 4 is 21.6 Å². The van der Waals surface area contributed by atoms with E-state index in [0.29, 0.717) is 16.5 Å². The minimum absolute atomic E-state index is 0.192. The molecule has 0 spiro atoms. The first kappa shape index (κ1) is 15.1. The van der Waals surface area contributed by atoms with Crippen molar-refractivity contribution < 1.29 is 17.9 Å². The van der Waals surface area contributed by atoms with E-state index >= 15 is 0 Å². The molecule has 0 unspecified atom stereocenters. The third-order valence-electron chi connectivity index (χ3n) is 3.36. The fraction of sp³-hybridized carbons (Fsp3) is 0.200. The predicted octanol–water partition coefficient (Wildman–Crippen LogP) is 2.89. The average molecular weight is 340 g/mol. The Hall–Kier alpha value is -1.76. The van der Waals surface area contributed by atoms with Crippen molar-refractivity contribution in [3.05, 3.63) is 53.1 Å². The second-order valence-corrected chi connectivity index (χ2v) is 7.38. The summed E-state index contributed by atoms with van der Waals surface area (Å²) < 4.78 is 36.8. The van der Waals surface area contributed by atoms with Crippen LogP contribution in [0, 0.1) is 0 Å². The van der Waals surface area contributed by atoms with Crippen molar-refractivity contribution in [1.29, 1.82) is 0 Å². The van der Waals surface area contributed by atoms with Crippen LogP contribution in [0.4, 0.5) is 0 Å². The molecule has 0 saturated heterocycles. The predicted molar refractivity (Wildman–Crippen MR) is 82.7 cm³/mol. The van der Waals surface area contributed by atoms with Crippen molar-refractivity contribution in [2.75, 3.05) is 13.8 Å². The van der Waals surface area contributed by atoms with Gasteiger partial charge >= 0.3 is 0 Å². The Labute approximate surface area is 134 Å². The van der Waals surface area contributed by atoms with Gasteiger partial charge in [0.2, 0.25) is 16.8 Å². The average Bonchev–Trinajstić information content (AvgIpc) is 2.95. The molecule has 0 atom stereocenters. The van der Waals surface area contributed by atoms with Gasteiger partial charge in [0, 0.05) is 18.6 Å². The number of fused-ring (bicyclic) bond motifs is 1. The molecule has 2 aromatic rings. The number of nitrogens with zero attached hydrogens (tertiary/aromatic N) is 1. The largest absolute Gasteiger partial charge is 0.454 e. The molecule has 7 heteroatoms. The summed E-state index contributed by atoms with van der Waals surface area (Å²) in [7, 11) is -2.03. The number of halogens is 1. The molecule has 0 saturated carbocycles. The number of rotatable bonds is 4. The third kappa shape index (κ3) is 2.90. The molecule has 1 aliphatic heterocycles. The quantitative estimate of drug-likeness (QED) is 0.859. The highest BCUT2D eigenvalue weighted by atomic mass is 35.5. The second kappa shape index (κ2) is 5.79. The van der Waals surface area contributed by atoms with E-state index in [0.717, 1.165) is 5.56 Å². The number of benzene rings is 2. The van der Waals surface area contributed by atoms with Gasteiger partial charge in [-0.2, -0.15) is 4.31 Å². The fourth-order valence-corrected chi connectivity index (χ4v) is 3.45. The van der Waals surface area contributed by atoms with Crippen LogP contribution in [0.2, 0.25) is 5.02 Å². The van der Waals surface area contributed by atoms with Gasteiger partial charge in [-0.15, -0.1) is 0 Å². The Kier molecular flexibility index (Phi) is 3.99. The summed E-state index contributed by atoms with van der Waals surface area (Å²) in [5, 5.41) is 0.498. The minimum Gasteiger partial charge on any atom is -0.454 e. The highest BCUT2D eigenvalue weighted by molar-refractivity contribution is 7.89. The van der Waals surface area contributed by atoms with Crippen LogP contribution in [-0.2, 0) is 16.6 Å². The van der Waals surface area contributed by atoms with Crippen molar-refractivity contribution in [3.63, 3.8) is 0 Å². The molecule has 3 rings (SSSR count). The molecule has 116 valence electrons. The van der Waals surface area contributed by atoms with Gasteiger partial charge in [-0.3, -0.25) is 0 Å². The highest BCUT2D eigenvalue weighted by Crippen LogP contribution is 2.33. The summed E-state index contributed by atoms with van der Waals surface area (Å²) in [5.41, 5.74) is 0.823. The molecule has 5 nitrogen and oxygen atoms in total. The number of ether oxygens (including phenoxy) is 2. The van der Waals surface area contributed by atoms with Crippen LogP contribution < -0.4 is 9.47 Å². The Bertz CT molecular complexity index is 790. The lowest BCUT2D eigenvalue weighted by Crippen LogP contribution is -2.26. The monoisotopic (exact) mass is 339 g/mol. The molecule has 0 fully saturated rings. The fourth-order valence-electron chi connectivity index (χ4n) is 2.17. The molecule has 0 aliphatic carbocycles. The van der Waals surface area contributed by atoms with Gasteiger partial charge in [0.05, 0.1) is 4.90 Å². The van der Waals surface area contributed by atoms with E-state index in [1.165, 1.54) is 23.5 Å². The molecule has 0 amide bonds. The number of hydrogen-bond acceptors (Lipinski definition) is 4. The van der Waals surface area contributed by atoms with Crippen molar-refractivity contribution in [3.8, 4) is 11.5 Å². The van der Waals surface area contributed by atoms with Gasteiger partial charge in [0.15, 0.2) is 11.5 Å². The minimum atomic E-state index is -3.57. The Morgan fingerprint density at radius 1 is 1.09 bits per heavy atom. The summed E-state index contributed by atoms with van der Waals surface area (Å²) in [5.74, 6) is 1.31. The normalized spacial score (nSPS) is 13.6. The van der Waals surface area contributed by atoms with Gasteiger partial charge in [-0.25, -0.2) is 8.42 Å². The topological polar surface area (TPSA) is 55.8 Å². The Balaban J connectivity index is 1.81. The smallest absolute Gasteiger partial charge is 0.243 e. The summed E-state index contributed by atoms with van der Waals surface area (Å²) in [4.78, 5) is 0.208. The van der Waals surface area contributed by atoms with E-state index in [-0.39, 0.29) is 18.2 Å². The molecule has 1 heterocycles. The Morgan fingerprint density at radius 2 is 1.77 bits per heavy atom. The van der Waals surface area contributed by atoms with E-state index in [4.69, 9.17) is 21.1 Å². The SMILES string of the molecule is CN(Cc1ccc2c(c1)OCO2)S(=O)(=O)c1ccc(Cl)cc1. The van der Waals surface area contributed by atoms with Gasteiger partial charge in [0.1, 0.15) is 0 Å². The molecule has 0 bridgehead atoms. The van der Waals surface area contributed by atoms with E-state index in [1.807, 2.05) is 6.07 Å². The molecule has 0 N–H and O–H groups in total. The summed E-state index contributed by atoms with van der Waals surface area (Å²) in [6.07, 6.45) is 0. The van der Waals surface area contributed by atoms with Crippen LogP contribution >= 0.6 is 11.6 Å². The lowest BCUT2D eigenvalue weighted by Gasteiger charge is -2.17. The van der Waals surface area contributed by atoms with Crippen molar-refractivity contribution in [2.24, 2.45) is 0 Å². The van der Waals surface area contributed by atoms with Crippen LogP contribution in [-0.4, -0.2) is 26.6 Å². The first-order chi connectivity index (χ1) is 10.5. The summed E-state index contributed by atoms with van der Waals surface area (Å²) >= 11 is 5.79. The standard InChI is InChI=1S/C15H14ClNO4S/c1-17(22(18,19)13-5-3-12(16)4-6-13)9-11-2-7-14-15(8-11)21-10-20-14/h2-8H,9-10H2,1H3. The van der Waals surface area contributed by atoms with E-state index < -0.39 is 10.0 Å². The molecule has 0 aromatic heterocycles. The summed E-state index contributed by atoms with van der Waals surface area (Å²) in [6, 6.07) is 11.5. The Morgan fingerprint density at radius 3 is 2.50 bits per heavy atom. The van der Waals surface area contributed by atoms with Crippen molar-refractivity contribution in [1.82, 2.24) is 4.31 Å². The maximum Gasteiger partial charge on any atom is 0.243 e. The first-order valence-corrected chi connectivity index (χ1v) is 8.39. The molecule has 0 radical (unpaired) electrons. The third-order valence-corrected chi connectivity index (χ3v) is 5.43. The van der Waals surface area contributed by atoms with E-state index in [1.54, 1.807) is 24.3 Å². The van der Waals surface area contributed by atoms with Crippen LogP contribution in [0.5, 0.6) is 11.5 Å². The highest BCUT2D eigenvalue weighted by Gasteiger charge is 2.22.